The normalized spacial score (nSPS) is 17.1. The molecule has 0 aromatic heterocycles. The van der Waals surface area contributed by atoms with Crippen LogP contribution < -0.4 is 4.74 Å². The number of halogens is 1. The molecule has 1 fully saturated rings. The van der Waals surface area contributed by atoms with Gasteiger partial charge in [0.1, 0.15) is 11.5 Å². The highest BCUT2D eigenvalue weighted by Gasteiger charge is 2.49. The lowest BCUT2D eigenvalue weighted by molar-refractivity contribution is 0.133. The van der Waals surface area contributed by atoms with Gasteiger partial charge in [-0.3, -0.25) is 0 Å². The molecule has 2 nitrogen and oxygen atoms in total. The number of phenols is 1. The van der Waals surface area contributed by atoms with Gasteiger partial charge in [0.25, 0.3) is 0 Å². The fourth-order valence-corrected chi connectivity index (χ4v) is 8.15. The van der Waals surface area contributed by atoms with Crippen LogP contribution >= 0.6 is 23.4 Å². The maximum atomic E-state index is 11.4. The summed E-state index contributed by atoms with van der Waals surface area (Å²) in [7, 11) is 1.68. The summed E-state index contributed by atoms with van der Waals surface area (Å²) in [6.07, 6.45) is 7.17. The van der Waals surface area contributed by atoms with Crippen LogP contribution in [0.4, 0.5) is 0 Å². The van der Waals surface area contributed by atoms with E-state index in [4.69, 9.17) is 16.3 Å². The molecule has 1 spiro atoms. The Kier molecular flexibility index (Phi) is 6.20. The molecule has 6 rings (SSSR count). The molecule has 4 aromatic rings. The minimum absolute atomic E-state index is 0.0403. The predicted octanol–water partition coefficient (Wildman–Crippen LogP) is 10.0. The van der Waals surface area contributed by atoms with Gasteiger partial charge in [-0.2, -0.15) is 0 Å². The molecule has 1 N–H and O–H groups in total. The number of aromatic hydroxyl groups is 1. The fourth-order valence-electron chi connectivity index (χ4n) is 6.93. The van der Waals surface area contributed by atoms with Gasteiger partial charge in [0.05, 0.1) is 17.0 Å². The summed E-state index contributed by atoms with van der Waals surface area (Å²) in [6.45, 7) is 4.70. The van der Waals surface area contributed by atoms with Gasteiger partial charge in [-0.25, -0.2) is 0 Å². The zero-order chi connectivity index (χ0) is 25.8. The number of fused-ring (bicyclic) bond motifs is 7. The summed E-state index contributed by atoms with van der Waals surface area (Å²) >= 11 is 8.12. The molecule has 0 atom stereocenters. The molecule has 0 amide bonds. The Labute approximate surface area is 229 Å². The Morgan fingerprint density at radius 3 is 2.24 bits per heavy atom. The van der Waals surface area contributed by atoms with Crippen LogP contribution in [0.25, 0.3) is 21.9 Å². The lowest BCUT2D eigenvalue weighted by atomic mass is 9.58. The topological polar surface area (TPSA) is 29.5 Å². The molecule has 2 aliphatic rings. The second-order valence-corrected chi connectivity index (χ2v) is 12.2. The van der Waals surface area contributed by atoms with Crippen LogP contribution in [-0.4, -0.2) is 12.2 Å². The Bertz CT molecular complexity index is 1490. The average molecular weight is 529 g/mol. The molecule has 0 heterocycles. The van der Waals surface area contributed by atoms with Gasteiger partial charge >= 0.3 is 0 Å². The first-order valence-electron chi connectivity index (χ1n) is 13.4. The summed E-state index contributed by atoms with van der Waals surface area (Å²) < 4.78 is 5.79. The van der Waals surface area contributed by atoms with E-state index < -0.39 is 0 Å². The third-order valence-electron chi connectivity index (χ3n) is 9.35. The SMILES string of the molecule is CCC1(CC)CCC2(CC1)c1ccccc1-c1c2cc(O)c2cc(OC)c(Sc3ccccc3Cl)cc12. The van der Waals surface area contributed by atoms with Gasteiger partial charge < -0.3 is 9.84 Å². The second kappa shape index (κ2) is 9.29. The first-order valence-corrected chi connectivity index (χ1v) is 14.5. The monoisotopic (exact) mass is 528 g/mol. The van der Waals surface area contributed by atoms with Gasteiger partial charge in [-0.05, 0) is 89.1 Å². The van der Waals surface area contributed by atoms with E-state index in [0.29, 0.717) is 11.2 Å². The van der Waals surface area contributed by atoms with Crippen LogP contribution in [0.15, 0.2) is 76.5 Å². The Morgan fingerprint density at radius 2 is 1.54 bits per heavy atom. The van der Waals surface area contributed by atoms with E-state index >= 15 is 0 Å². The van der Waals surface area contributed by atoms with Crippen molar-refractivity contribution in [3.8, 4) is 22.6 Å². The van der Waals surface area contributed by atoms with Crippen molar-refractivity contribution in [2.75, 3.05) is 7.11 Å². The van der Waals surface area contributed by atoms with E-state index in [9.17, 15) is 5.11 Å². The molecular formula is C33H33ClO2S. The number of phenolic OH excluding ortho intramolecular Hbond substituents is 1. The van der Waals surface area contributed by atoms with E-state index in [0.717, 1.165) is 44.2 Å². The van der Waals surface area contributed by atoms with Crippen molar-refractivity contribution in [2.45, 2.75) is 67.6 Å². The highest BCUT2D eigenvalue weighted by atomic mass is 35.5. The maximum absolute atomic E-state index is 11.4. The maximum Gasteiger partial charge on any atom is 0.133 e. The average Bonchev–Trinajstić information content (AvgIpc) is 3.20. The second-order valence-electron chi connectivity index (χ2n) is 10.7. The van der Waals surface area contributed by atoms with Gasteiger partial charge in [0.2, 0.25) is 0 Å². The van der Waals surface area contributed by atoms with E-state index in [1.165, 1.54) is 47.9 Å². The fraction of sp³-hybridized carbons (Fsp3) is 0.333. The van der Waals surface area contributed by atoms with Crippen molar-refractivity contribution in [2.24, 2.45) is 5.41 Å². The molecule has 37 heavy (non-hydrogen) atoms. The van der Waals surface area contributed by atoms with Crippen molar-refractivity contribution in [3.63, 3.8) is 0 Å². The highest BCUT2D eigenvalue weighted by Crippen LogP contribution is 2.62. The number of ether oxygens (including phenoxy) is 1. The zero-order valence-electron chi connectivity index (χ0n) is 21.7. The summed E-state index contributed by atoms with van der Waals surface area (Å²) in [5, 5.41) is 14.0. The summed E-state index contributed by atoms with van der Waals surface area (Å²) in [5.41, 5.74) is 5.69. The first kappa shape index (κ1) is 24.7. The van der Waals surface area contributed by atoms with Gasteiger partial charge in [0.15, 0.2) is 0 Å². The lowest BCUT2D eigenvalue weighted by Crippen LogP contribution is -2.36. The molecule has 0 unspecified atom stereocenters. The zero-order valence-corrected chi connectivity index (χ0v) is 23.3. The molecule has 2 aliphatic carbocycles. The number of hydrogen-bond donors (Lipinski definition) is 1. The molecule has 0 aliphatic heterocycles. The van der Waals surface area contributed by atoms with Gasteiger partial charge in [-0.15, -0.1) is 0 Å². The summed E-state index contributed by atoms with van der Waals surface area (Å²) in [5.74, 6) is 1.07. The number of methoxy groups -OCH3 is 1. The Balaban J connectivity index is 1.57. The van der Waals surface area contributed by atoms with Crippen LogP contribution in [0, 0.1) is 5.41 Å². The van der Waals surface area contributed by atoms with Crippen molar-refractivity contribution in [1.29, 1.82) is 0 Å². The molecule has 0 radical (unpaired) electrons. The number of hydrogen-bond acceptors (Lipinski definition) is 3. The van der Waals surface area contributed by atoms with Crippen molar-refractivity contribution in [3.05, 3.63) is 82.9 Å². The standard InChI is InChI=1S/C33H33ClO2S/c1-4-32(5-2)14-16-33(17-15-32)24-11-7-6-10-21(24)31-23-19-30(37-29-13-9-8-12-26(29)34)28(36-3)18-22(23)27(35)20-25(31)33/h6-13,18-20,35H,4-5,14-17H2,1-3H3. The van der Waals surface area contributed by atoms with Gasteiger partial charge in [0, 0.05) is 15.7 Å². The van der Waals surface area contributed by atoms with Crippen LogP contribution in [0.5, 0.6) is 11.5 Å². The third kappa shape index (κ3) is 3.77. The molecular weight excluding hydrogens is 496 g/mol. The molecule has 190 valence electrons. The molecule has 0 bridgehead atoms. The van der Waals surface area contributed by atoms with Crippen LogP contribution in [0.2, 0.25) is 5.02 Å². The van der Waals surface area contributed by atoms with E-state index in [1.54, 1.807) is 18.9 Å². The molecule has 4 aromatic carbocycles. The third-order valence-corrected chi connectivity index (χ3v) is 10.9. The molecule has 1 saturated carbocycles. The molecule has 4 heteroatoms. The van der Waals surface area contributed by atoms with Crippen LogP contribution in [0.3, 0.4) is 0 Å². The summed E-state index contributed by atoms with van der Waals surface area (Å²) in [4.78, 5) is 1.98. The quantitative estimate of drug-likeness (QED) is 0.279. The van der Waals surface area contributed by atoms with Gasteiger partial charge in [-0.1, -0.05) is 86.5 Å². The van der Waals surface area contributed by atoms with E-state index in [1.807, 2.05) is 30.3 Å². The van der Waals surface area contributed by atoms with Crippen molar-refractivity contribution in [1.82, 2.24) is 0 Å². The highest BCUT2D eigenvalue weighted by molar-refractivity contribution is 7.99. The number of rotatable bonds is 5. The first-order chi connectivity index (χ1) is 17.9. The smallest absolute Gasteiger partial charge is 0.133 e. The van der Waals surface area contributed by atoms with Crippen LogP contribution in [0.1, 0.15) is 63.5 Å². The number of benzene rings is 4. The molecule has 0 saturated heterocycles. The Hall–Kier alpha value is -2.62. The lowest BCUT2D eigenvalue weighted by Gasteiger charge is -2.45. The minimum atomic E-state index is -0.0403. The minimum Gasteiger partial charge on any atom is -0.507 e. The van der Waals surface area contributed by atoms with E-state index in [2.05, 4.69) is 50.2 Å². The van der Waals surface area contributed by atoms with Crippen molar-refractivity contribution >= 4 is 34.1 Å². The van der Waals surface area contributed by atoms with Crippen molar-refractivity contribution < 1.29 is 9.84 Å². The summed E-state index contributed by atoms with van der Waals surface area (Å²) in [6, 6.07) is 23.1. The van der Waals surface area contributed by atoms with Crippen LogP contribution in [-0.2, 0) is 5.41 Å². The van der Waals surface area contributed by atoms with E-state index in [-0.39, 0.29) is 5.41 Å². The predicted molar refractivity (Wildman–Crippen MR) is 155 cm³/mol. The Morgan fingerprint density at radius 1 is 0.838 bits per heavy atom. The largest absolute Gasteiger partial charge is 0.507 e.